The molecule has 7 heteroatoms. The summed E-state index contributed by atoms with van der Waals surface area (Å²) in [5, 5.41) is 13.4. The van der Waals surface area contributed by atoms with Crippen molar-refractivity contribution in [3.63, 3.8) is 0 Å². The number of aliphatic hydroxyl groups is 1. The summed E-state index contributed by atoms with van der Waals surface area (Å²) in [4.78, 5) is 0. The van der Waals surface area contributed by atoms with Crippen LogP contribution in [0.25, 0.3) is 0 Å². The highest BCUT2D eigenvalue weighted by atomic mass is 32.2. The van der Waals surface area contributed by atoms with Crippen molar-refractivity contribution in [2.75, 3.05) is 13.1 Å². The zero-order chi connectivity index (χ0) is 13.3. The van der Waals surface area contributed by atoms with Crippen molar-refractivity contribution in [3.05, 3.63) is 17.5 Å². The molecule has 102 valence electrons. The Labute approximate surface area is 107 Å². The molecule has 0 radical (unpaired) electrons. The van der Waals surface area contributed by atoms with Gasteiger partial charge in [-0.2, -0.15) is 4.31 Å². The van der Waals surface area contributed by atoms with Crippen LogP contribution in [0.4, 0.5) is 0 Å². The Balaban J connectivity index is 2.07. The van der Waals surface area contributed by atoms with Crippen LogP contribution >= 0.6 is 0 Å². The predicted molar refractivity (Wildman–Crippen MR) is 65.2 cm³/mol. The number of aliphatic hydroxyl groups excluding tert-OH is 1. The van der Waals surface area contributed by atoms with E-state index in [1.165, 1.54) is 4.31 Å². The number of aromatic nitrogens is 1. The van der Waals surface area contributed by atoms with Crippen molar-refractivity contribution in [1.82, 2.24) is 9.46 Å². The van der Waals surface area contributed by atoms with E-state index < -0.39 is 16.1 Å². The second-order valence-electron chi connectivity index (χ2n) is 4.88. The fourth-order valence-corrected chi connectivity index (χ4v) is 3.49. The Hall–Kier alpha value is -0.920. The van der Waals surface area contributed by atoms with Crippen molar-refractivity contribution >= 4 is 10.0 Å². The number of piperidine rings is 1. The zero-order valence-electron chi connectivity index (χ0n) is 10.5. The van der Waals surface area contributed by atoms with Crippen molar-refractivity contribution in [3.8, 4) is 0 Å². The number of aryl methyl sites for hydroxylation is 1. The molecule has 0 saturated carbocycles. The second-order valence-corrected chi connectivity index (χ2v) is 6.85. The van der Waals surface area contributed by atoms with Crippen molar-refractivity contribution < 1.29 is 18.0 Å². The molecule has 0 amide bonds. The second kappa shape index (κ2) is 4.99. The van der Waals surface area contributed by atoms with E-state index in [0.29, 0.717) is 24.4 Å². The van der Waals surface area contributed by atoms with Crippen LogP contribution in [0.15, 0.2) is 10.6 Å². The van der Waals surface area contributed by atoms with Gasteiger partial charge in [-0.25, -0.2) is 8.42 Å². The highest BCUT2D eigenvalue weighted by Crippen LogP contribution is 2.21. The molecule has 1 aromatic rings. The Morgan fingerprint density at radius 3 is 2.89 bits per heavy atom. The number of hydrogen-bond donors (Lipinski definition) is 1. The van der Waals surface area contributed by atoms with Gasteiger partial charge < -0.3 is 9.63 Å². The SMILES string of the molecule is Cc1cc(CS(=O)(=O)N2CCC(C)C(O)C2)no1. The molecular formula is C11H18N2O4S. The zero-order valence-corrected chi connectivity index (χ0v) is 11.4. The smallest absolute Gasteiger partial charge is 0.220 e. The minimum Gasteiger partial charge on any atom is -0.391 e. The highest BCUT2D eigenvalue weighted by molar-refractivity contribution is 7.88. The van der Waals surface area contributed by atoms with E-state index in [-0.39, 0.29) is 18.2 Å². The lowest BCUT2D eigenvalue weighted by Crippen LogP contribution is -2.46. The number of rotatable bonds is 3. The van der Waals surface area contributed by atoms with E-state index in [1.807, 2.05) is 6.92 Å². The van der Waals surface area contributed by atoms with E-state index in [0.717, 1.165) is 0 Å². The first-order valence-electron chi connectivity index (χ1n) is 5.96. The van der Waals surface area contributed by atoms with Gasteiger partial charge in [0.15, 0.2) is 0 Å². The maximum absolute atomic E-state index is 12.1. The van der Waals surface area contributed by atoms with E-state index in [4.69, 9.17) is 4.52 Å². The third-order valence-corrected chi connectivity index (χ3v) is 5.06. The van der Waals surface area contributed by atoms with Gasteiger partial charge in [0.2, 0.25) is 10.0 Å². The lowest BCUT2D eigenvalue weighted by molar-refractivity contribution is 0.0604. The topological polar surface area (TPSA) is 83.6 Å². The average molecular weight is 274 g/mol. The summed E-state index contributed by atoms with van der Waals surface area (Å²) in [5.74, 6) is 0.559. The summed E-state index contributed by atoms with van der Waals surface area (Å²) in [6, 6.07) is 1.61. The largest absolute Gasteiger partial charge is 0.391 e. The maximum Gasteiger partial charge on any atom is 0.220 e. The van der Waals surface area contributed by atoms with Gasteiger partial charge in [0.1, 0.15) is 17.2 Å². The van der Waals surface area contributed by atoms with Crippen molar-refractivity contribution in [1.29, 1.82) is 0 Å². The monoisotopic (exact) mass is 274 g/mol. The minimum absolute atomic E-state index is 0.144. The highest BCUT2D eigenvalue weighted by Gasteiger charge is 2.32. The third kappa shape index (κ3) is 2.90. The number of β-amino-alcohol motifs (C(OH)–C–C–N with tert-alkyl or cyclic N) is 1. The Morgan fingerprint density at radius 2 is 2.33 bits per heavy atom. The van der Waals surface area contributed by atoms with Gasteiger partial charge in [0, 0.05) is 19.2 Å². The van der Waals surface area contributed by atoms with Gasteiger partial charge in [-0.05, 0) is 19.3 Å². The molecular weight excluding hydrogens is 256 g/mol. The average Bonchev–Trinajstić information content (AvgIpc) is 2.67. The summed E-state index contributed by atoms with van der Waals surface area (Å²) in [5.41, 5.74) is 0.403. The number of sulfonamides is 1. The van der Waals surface area contributed by atoms with Crippen molar-refractivity contribution in [2.24, 2.45) is 5.92 Å². The van der Waals surface area contributed by atoms with E-state index in [9.17, 15) is 13.5 Å². The van der Waals surface area contributed by atoms with Gasteiger partial charge in [0.25, 0.3) is 0 Å². The molecule has 18 heavy (non-hydrogen) atoms. The molecule has 0 aliphatic carbocycles. The van der Waals surface area contributed by atoms with Crippen LogP contribution in [-0.4, -0.2) is 42.2 Å². The molecule has 1 N–H and O–H groups in total. The molecule has 1 fully saturated rings. The first kappa shape index (κ1) is 13.5. The summed E-state index contributed by atoms with van der Waals surface area (Å²) in [7, 11) is -3.43. The molecule has 0 bridgehead atoms. The van der Waals surface area contributed by atoms with Gasteiger partial charge in [0.05, 0.1) is 6.10 Å². The Morgan fingerprint density at radius 1 is 1.61 bits per heavy atom. The van der Waals surface area contributed by atoms with Gasteiger partial charge in [-0.15, -0.1) is 0 Å². The normalized spacial score (nSPS) is 26.4. The summed E-state index contributed by atoms with van der Waals surface area (Å²) in [6.45, 7) is 4.27. The van der Waals surface area contributed by atoms with Gasteiger partial charge in [-0.1, -0.05) is 12.1 Å². The summed E-state index contributed by atoms with van der Waals surface area (Å²) >= 11 is 0. The fourth-order valence-electron chi connectivity index (χ4n) is 2.04. The molecule has 2 rings (SSSR count). The molecule has 0 spiro atoms. The lowest BCUT2D eigenvalue weighted by atomic mass is 9.98. The van der Waals surface area contributed by atoms with Crippen LogP contribution in [0.3, 0.4) is 0 Å². The summed E-state index contributed by atoms with van der Waals surface area (Å²) in [6.07, 6.45) is 0.0886. The van der Waals surface area contributed by atoms with Gasteiger partial charge >= 0.3 is 0 Å². The van der Waals surface area contributed by atoms with Crippen LogP contribution in [0.1, 0.15) is 24.8 Å². The molecule has 1 aliphatic heterocycles. The Bertz CT molecular complexity index is 511. The van der Waals surface area contributed by atoms with E-state index in [2.05, 4.69) is 5.16 Å². The van der Waals surface area contributed by atoms with Crippen LogP contribution in [0, 0.1) is 12.8 Å². The van der Waals surface area contributed by atoms with Crippen LogP contribution in [0.2, 0.25) is 0 Å². The molecule has 2 atom stereocenters. The molecule has 1 aliphatic rings. The maximum atomic E-state index is 12.1. The molecule has 2 heterocycles. The molecule has 1 saturated heterocycles. The predicted octanol–water partition coefficient (Wildman–Crippen LogP) is 0.516. The standard InChI is InChI=1S/C11H18N2O4S/c1-8-3-4-13(6-11(8)14)18(15,16)7-10-5-9(2)17-12-10/h5,8,11,14H,3-4,6-7H2,1-2H3. The van der Waals surface area contributed by atoms with Gasteiger partial charge in [-0.3, -0.25) is 0 Å². The Kier molecular flexibility index (Phi) is 3.74. The fraction of sp³-hybridized carbons (Fsp3) is 0.727. The minimum atomic E-state index is -3.43. The van der Waals surface area contributed by atoms with E-state index in [1.54, 1.807) is 13.0 Å². The first-order valence-corrected chi connectivity index (χ1v) is 7.57. The first-order chi connectivity index (χ1) is 8.38. The van der Waals surface area contributed by atoms with Crippen molar-refractivity contribution in [2.45, 2.75) is 32.1 Å². The molecule has 2 unspecified atom stereocenters. The molecule has 1 aromatic heterocycles. The van der Waals surface area contributed by atoms with Crippen LogP contribution < -0.4 is 0 Å². The van der Waals surface area contributed by atoms with Crippen LogP contribution in [-0.2, 0) is 15.8 Å². The number of nitrogens with zero attached hydrogens (tertiary/aromatic N) is 2. The quantitative estimate of drug-likeness (QED) is 0.868. The summed E-state index contributed by atoms with van der Waals surface area (Å²) < 4.78 is 30.5. The number of hydrogen-bond acceptors (Lipinski definition) is 5. The van der Waals surface area contributed by atoms with E-state index >= 15 is 0 Å². The van der Waals surface area contributed by atoms with Crippen LogP contribution in [0.5, 0.6) is 0 Å². The molecule has 0 aromatic carbocycles. The molecule has 6 nitrogen and oxygen atoms in total. The third-order valence-electron chi connectivity index (χ3n) is 3.28. The lowest BCUT2D eigenvalue weighted by Gasteiger charge is -2.33.